The molecule has 0 saturated carbocycles. The fraction of sp³-hybridized carbons (Fsp3) is 0.500. The van der Waals surface area contributed by atoms with Crippen molar-refractivity contribution in [1.29, 1.82) is 0 Å². The quantitative estimate of drug-likeness (QED) is 0.676. The number of rotatable bonds is 1. The van der Waals surface area contributed by atoms with Gasteiger partial charge in [-0.25, -0.2) is 4.98 Å². The normalized spacial score (nSPS) is 11.7. The van der Waals surface area contributed by atoms with Gasteiger partial charge in [0.1, 0.15) is 6.33 Å². The summed E-state index contributed by atoms with van der Waals surface area (Å²) in [6.45, 7) is 1.53. The lowest BCUT2D eigenvalue weighted by molar-refractivity contribution is -0.144. The highest BCUT2D eigenvalue weighted by Crippen LogP contribution is 2.25. The molecule has 1 aromatic heterocycles. The Hall–Kier alpha value is -1.40. The summed E-state index contributed by atoms with van der Waals surface area (Å²) in [6.07, 6.45) is -3.76. The van der Waals surface area contributed by atoms with Crippen molar-refractivity contribution < 1.29 is 18.0 Å². The fourth-order valence-electron chi connectivity index (χ4n) is 0.675. The van der Waals surface area contributed by atoms with Gasteiger partial charge in [0.2, 0.25) is 5.91 Å². The van der Waals surface area contributed by atoms with Crippen LogP contribution in [0.4, 0.5) is 13.2 Å². The van der Waals surface area contributed by atoms with Crippen molar-refractivity contribution in [3.05, 3.63) is 12.2 Å². The Bertz CT molecular complexity index is 317. The average Bonchev–Trinajstić information content (AvgIpc) is 2.50. The molecule has 0 amide bonds. The van der Waals surface area contributed by atoms with Crippen LogP contribution in [0.3, 0.4) is 0 Å². The van der Waals surface area contributed by atoms with Crippen molar-refractivity contribution in [2.75, 3.05) is 0 Å². The van der Waals surface area contributed by atoms with Gasteiger partial charge in [0.25, 0.3) is 5.82 Å². The number of aromatic nitrogens is 3. The predicted octanol–water partition coefficient (Wildman–Crippen LogP) is 1.35. The lowest BCUT2D eigenvalue weighted by atomic mass is 10.5. The number of halogens is 3. The lowest BCUT2D eigenvalue weighted by Gasteiger charge is -1.98. The van der Waals surface area contributed by atoms with E-state index < -0.39 is 17.9 Å². The molecule has 1 heterocycles. The van der Waals surface area contributed by atoms with Gasteiger partial charge in [-0.1, -0.05) is 6.92 Å². The molecule has 1 rings (SSSR count). The van der Waals surface area contributed by atoms with Crippen LogP contribution in [0.1, 0.15) is 24.0 Å². The molecule has 0 aliphatic heterocycles. The maximum absolute atomic E-state index is 11.9. The van der Waals surface area contributed by atoms with Gasteiger partial charge in [-0.3, -0.25) is 4.79 Å². The van der Waals surface area contributed by atoms with Gasteiger partial charge in [0.15, 0.2) is 0 Å². The van der Waals surface area contributed by atoms with Crippen LogP contribution in [0.15, 0.2) is 6.33 Å². The van der Waals surface area contributed by atoms with Crippen molar-refractivity contribution in [3.8, 4) is 0 Å². The van der Waals surface area contributed by atoms with E-state index in [0.29, 0.717) is 4.68 Å². The molecule has 0 radical (unpaired) electrons. The minimum atomic E-state index is -4.60. The first-order chi connectivity index (χ1) is 5.95. The van der Waals surface area contributed by atoms with Gasteiger partial charge >= 0.3 is 6.18 Å². The Balaban J connectivity index is 2.93. The molecule has 0 bridgehead atoms. The molecule has 0 spiro atoms. The van der Waals surface area contributed by atoms with Crippen molar-refractivity contribution in [1.82, 2.24) is 14.8 Å². The van der Waals surface area contributed by atoms with Crippen molar-refractivity contribution in [2.24, 2.45) is 0 Å². The molecule has 0 N–H and O–H groups in total. The monoisotopic (exact) mass is 193 g/mol. The first kappa shape index (κ1) is 9.69. The molecule has 7 heteroatoms. The van der Waals surface area contributed by atoms with E-state index in [-0.39, 0.29) is 6.42 Å². The summed E-state index contributed by atoms with van der Waals surface area (Å²) < 4.78 is 36.3. The van der Waals surface area contributed by atoms with E-state index in [2.05, 4.69) is 10.1 Å². The molecule has 0 fully saturated rings. The molecule has 1 aromatic rings. The summed E-state index contributed by atoms with van der Waals surface area (Å²) in [6, 6.07) is 0. The molecule has 4 nitrogen and oxygen atoms in total. The highest BCUT2D eigenvalue weighted by molar-refractivity contribution is 5.77. The van der Waals surface area contributed by atoms with E-state index in [1.54, 1.807) is 0 Å². The molecule has 0 aliphatic carbocycles. The Morgan fingerprint density at radius 2 is 2.23 bits per heavy atom. The number of hydrogen-bond acceptors (Lipinski definition) is 3. The van der Waals surface area contributed by atoms with Crippen molar-refractivity contribution in [3.63, 3.8) is 0 Å². The topological polar surface area (TPSA) is 47.8 Å². The Morgan fingerprint density at radius 3 is 2.62 bits per heavy atom. The van der Waals surface area contributed by atoms with Gasteiger partial charge in [0, 0.05) is 6.42 Å². The predicted molar refractivity (Wildman–Crippen MR) is 35.9 cm³/mol. The van der Waals surface area contributed by atoms with E-state index in [4.69, 9.17) is 0 Å². The first-order valence-electron chi connectivity index (χ1n) is 3.47. The van der Waals surface area contributed by atoms with Crippen molar-refractivity contribution in [2.45, 2.75) is 19.5 Å². The second kappa shape index (κ2) is 3.15. The highest BCUT2D eigenvalue weighted by atomic mass is 19.4. The molecule has 0 saturated heterocycles. The van der Waals surface area contributed by atoms with Crippen LogP contribution >= 0.6 is 0 Å². The number of nitrogens with zero attached hydrogens (tertiary/aromatic N) is 3. The summed E-state index contributed by atoms with van der Waals surface area (Å²) >= 11 is 0. The summed E-state index contributed by atoms with van der Waals surface area (Å²) in [4.78, 5) is 13.8. The zero-order valence-corrected chi connectivity index (χ0v) is 6.67. The van der Waals surface area contributed by atoms with Gasteiger partial charge < -0.3 is 0 Å². The van der Waals surface area contributed by atoms with E-state index in [1.165, 1.54) is 6.92 Å². The third-order valence-corrected chi connectivity index (χ3v) is 1.30. The molecular formula is C6H6F3N3O. The van der Waals surface area contributed by atoms with Crippen LogP contribution in [-0.2, 0) is 6.18 Å². The van der Waals surface area contributed by atoms with Crippen LogP contribution in [0.2, 0.25) is 0 Å². The van der Waals surface area contributed by atoms with Crippen LogP contribution < -0.4 is 0 Å². The molecule has 0 atom stereocenters. The maximum Gasteiger partial charge on any atom is 0.453 e. The SMILES string of the molecule is CCC(=O)n1cnc(C(F)(F)F)n1. The van der Waals surface area contributed by atoms with Crippen LogP contribution in [0.5, 0.6) is 0 Å². The number of carbonyl (C=O) groups excluding carboxylic acids is 1. The number of alkyl halides is 3. The molecule has 0 aliphatic rings. The summed E-state index contributed by atoms with van der Waals surface area (Å²) in [5.74, 6) is -1.82. The number of hydrogen-bond donors (Lipinski definition) is 0. The Labute approximate surface area is 71.4 Å². The van der Waals surface area contributed by atoms with Gasteiger partial charge in [-0.15, -0.1) is 5.10 Å². The zero-order valence-electron chi connectivity index (χ0n) is 6.67. The van der Waals surface area contributed by atoms with E-state index in [9.17, 15) is 18.0 Å². The smallest absolute Gasteiger partial charge is 0.273 e. The van der Waals surface area contributed by atoms with Crippen LogP contribution in [0, 0.1) is 0 Å². The number of carbonyl (C=O) groups is 1. The molecule has 0 unspecified atom stereocenters. The standard InChI is InChI=1S/C6H6F3N3O/c1-2-4(13)12-3-10-5(11-12)6(7,8)9/h3H,2H2,1H3. The lowest BCUT2D eigenvalue weighted by Crippen LogP contribution is -2.13. The second-order valence-electron chi connectivity index (χ2n) is 2.26. The Kier molecular flexibility index (Phi) is 2.35. The van der Waals surface area contributed by atoms with Crippen LogP contribution in [-0.4, -0.2) is 20.7 Å². The van der Waals surface area contributed by atoms with Crippen molar-refractivity contribution >= 4 is 5.91 Å². The highest BCUT2D eigenvalue weighted by Gasteiger charge is 2.36. The average molecular weight is 193 g/mol. The molecular weight excluding hydrogens is 187 g/mol. The zero-order chi connectivity index (χ0) is 10.1. The third-order valence-electron chi connectivity index (χ3n) is 1.30. The second-order valence-corrected chi connectivity index (χ2v) is 2.26. The molecule has 0 aromatic carbocycles. The molecule has 13 heavy (non-hydrogen) atoms. The molecule has 72 valence electrons. The van der Waals surface area contributed by atoms with Gasteiger partial charge in [-0.05, 0) is 0 Å². The summed E-state index contributed by atoms with van der Waals surface area (Å²) in [7, 11) is 0. The van der Waals surface area contributed by atoms with Gasteiger partial charge in [0.05, 0.1) is 0 Å². The largest absolute Gasteiger partial charge is 0.453 e. The Morgan fingerprint density at radius 1 is 1.62 bits per heavy atom. The summed E-state index contributed by atoms with van der Waals surface area (Å²) in [5.41, 5.74) is 0. The third kappa shape index (κ3) is 2.04. The van der Waals surface area contributed by atoms with E-state index >= 15 is 0 Å². The minimum Gasteiger partial charge on any atom is -0.273 e. The van der Waals surface area contributed by atoms with E-state index in [0.717, 1.165) is 6.33 Å². The van der Waals surface area contributed by atoms with Crippen LogP contribution in [0.25, 0.3) is 0 Å². The first-order valence-corrected chi connectivity index (χ1v) is 3.47. The maximum atomic E-state index is 11.9. The minimum absolute atomic E-state index is 0.0840. The van der Waals surface area contributed by atoms with E-state index in [1.807, 2.05) is 0 Å². The fourth-order valence-corrected chi connectivity index (χ4v) is 0.675. The summed E-state index contributed by atoms with van der Waals surface area (Å²) in [5, 5.41) is 2.98. The van der Waals surface area contributed by atoms with Gasteiger partial charge in [-0.2, -0.15) is 17.9 Å².